The van der Waals surface area contributed by atoms with Gasteiger partial charge in [0, 0.05) is 18.8 Å². The minimum atomic E-state index is 0.346. The van der Waals surface area contributed by atoms with Crippen molar-refractivity contribution in [3.8, 4) is 11.5 Å². The lowest BCUT2D eigenvalue weighted by Gasteiger charge is -2.14. The first-order valence-corrected chi connectivity index (χ1v) is 6.11. The van der Waals surface area contributed by atoms with E-state index in [1.165, 1.54) is 5.56 Å². The van der Waals surface area contributed by atoms with Crippen LogP contribution >= 0.6 is 12.6 Å². The predicted octanol–water partition coefficient (Wildman–Crippen LogP) is 1.82. The molecule has 0 aliphatic carbocycles. The van der Waals surface area contributed by atoms with Crippen molar-refractivity contribution >= 4 is 12.6 Å². The van der Waals surface area contributed by atoms with Gasteiger partial charge in [-0.2, -0.15) is 12.6 Å². The third-order valence-electron chi connectivity index (χ3n) is 2.70. The summed E-state index contributed by atoms with van der Waals surface area (Å²) in [5.41, 5.74) is 1.29. The molecule has 1 aliphatic rings. The first-order valence-electron chi connectivity index (χ1n) is 5.47. The molecule has 1 heterocycles. The normalized spacial score (nSPS) is 13.4. The van der Waals surface area contributed by atoms with E-state index >= 15 is 0 Å². The molecule has 88 valence electrons. The number of hydrogen-bond acceptors (Lipinski definition) is 4. The van der Waals surface area contributed by atoms with E-state index in [0.717, 1.165) is 36.8 Å². The second kappa shape index (κ2) is 5.46. The zero-order chi connectivity index (χ0) is 11.4. The Labute approximate surface area is 102 Å². The van der Waals surface area contributed by atoms with Crippen LogP contribution in [0.15, 0.2) is 18.2 Å². The van der Waals surface area contributed by atoms with Crippen molar-refractivity contribution in [2.24, 2.45) is 0 Å². The number of thiol groups is 1. The van der Waals surface area contributed by atoms with Crippen LogP contribution in [0.4, 0.5) is 0 Å². The SMILES string of the molecule is CN(CCS)CCc1ccc2c(c1)OCO2. The third kappa shape index (κ3) is 2.83. The second-order valence-corrected chi connectivity index (χ2v) is 4.41. The predicted molar refractivity (Wildman–Crippen MR) is 67.6 cm³/mol. The van der Waals surface area contributed by atoms with Gasteiger partial charge in [0.15, 0.2) is 11.5 Å². The lowest BCUT2D eigenvalue weighted by Crippen LogP contribution is -2.23. The van der Waals surface area contributed by atoms with Crippen molar-refractivity contribution in [2.75, 3.05) is 32.7 Å². The van der Waals surface area contributed by atoms with E-state index in [-0.39, 0.29) is 0 Å². The van der Waals surface area contributed by atoms with Crippen LogP contribution in [0.25, 0.3) is 0 Å². The molecule has 0 spiro atoms. The maximum Gasteiger partial charge on any atom is 0.231 e. The Morgan fingerprint density at radius 1 is 1.25 bits per heavy atom. The molecule has 0 aromatic heterocycles. The standard InChI is InChI=1S/C12H17NO2S/c1-13(6-7-16)5-4-10-2-3-11-12(8-10)15-9-14-11/h2-3,8,16H,4-7,9H2,1H3. The quantitative estimate of drug-likeness (QED) is 0.792. The van der Waals surface area contributed by atoms with Crippen LogP contribution in [-0.2, 0) is 6.42 Å². The van der Waals surface area contributed by atoms with Crippen molar-refractivity contribution in [2.45, 2.75) is 6.42 Å². The molecule has 0 saturated carbocycles. The molecule has 1 aromatic carbocycles. The Morgan fingerprint density at radius 3 is 2.88 bits per heavy atom. The number of nitrogens with zero attached hydrogens (tertiary/aromatic N) is 1. The van der Waals surface area contributed by atoms with Crippen LogP contribution in [0.3, 0.4) is 0 Å². The maximum absolute atomic E-state index is 5.35. The zero-order valence-corrected chi connectivity index (χ0v) is 10.4. The molecular weight excluding hydrogens is 222 g/mol. The number of ether oxygens (including phenoxy) is 2. The average molecular weight is 239 g/mol. The Balaban J connectivity index is 1.90. The van der Waals surface area contributed by atoms with E-state index in [4.69, 9.17) is 9.47 Å². The monoisotopic (exact) mass is 239 g/mol. The molecular formula is C12H17NO2S. The molecule has 0 bridgehead atoms. The minimum absolute atomic E-state index is 0.346. The van der Waals surface area contributed by atoms with E-state index in [1.54, 1.807) is 0 Å². The van der Waals surface area contributed by atoms with Crippen LogP contribution in [-0.4, -0.2) is 37.6 Å². The van der Waals surface area contributed by atoms with Crippen LogP contribution < -0.4 is 9.47 Å². The van der Waals surface area contributed by atoms with Crippen LogP contribution in [0.1, 0.15) is 5.56 Å². The minimum Gasteiger partial charge on any atom is -0.454 e. The highest BCUT2D eigenvalue weighted by atomic mass is 32.1. The van der Waals surface area contributed by atoms with Gasteiger partial charge in [0.05, 0.1) is 0 Å². The zero-order valence-electron chi connectivity index (χ0n) is 9.48. The summed E-state index contributed by atoms with van der Waals surface area (Å²) in [6.07, 6.45) is 1.03. The molecule has 0 radical (unpaired) electrons. The number of fused-ring (bicyclic) bond motifs is 1. The fourth-order valence-electron chi connectivity index (χ4n) is 1.70. The first-order chi connectivity index (χ1) is 7.79. The van der Waals surface area contributed by atoms with E-state index in [0.29, 0.717) is 6.79 Å². The highest BCUT2D eigenvalue weighted by molar-refractivity contribution is 7.80. The lowest BCUT2D eigenvalue weighted by molar-refractivity contribution is 0.174. The summed E-state index contributed by atoms with van der Waals surface area (Å²) in [5.74, 6) is 2.62. The van der Waals surface area contributed by atoms with Gasteiger partial charge in [0.25, 0.3) is 0 Å². The van der Waals surface area contributed by atoms with Crippen LogP contribution in [0, 0.1) is 0 Å². The highest BCUT2D eigenvalue weighted by Gasteiger charge is 2.12. The summed E-state index contributed by atoms with van der Waals surface area (Å²) in [7, 11) is 2.11. The summed E-state index contributed by atoms with van der Waals surface area (Å²) in [6.45, 7) is 2.41. The van der Waals surface area contributed by atoms with Crippen molar-refractivity contribution < 1.29 is 9.47 Å². The van der Waals surface area contributed by atoms with Crippen molar-refractivity contribution in [3.63, 3.8) is 0 Å². The smallest absolute Gasteiger partial charge is 0.231 e. The number of rotatable bonds is 5. The van der Waals surface area contributed by atoms with E-state index in [1.807, 2.05) is 6.07 Å². The number of hydrogen-bond donors (Lipinski definition) is 1. The molecule has 2 rings (SSSR count). The van der Waals surface area contributed by atoms with Gasteiger partial charge in [-0.1, -0.05) is 6.07 Å². The summed E-state index contributed by atoms with van der Waals surface area (Å²) in [4.78, 5) is 2.28. The molecule has 1 aliphatic heterocycles. The number of likely N-dealkylation sites (N-methyl/N-ethyl adjacent to an activating group) is 1. The summed E-state index contributed by atoms with van der Waals surface area (Å²) in [5, 5.41) is 0. The molecule has 3 nitrogen and oxygen atoms in total. The van der Waals surface area contributed by atoms with Gasteiger partial charge in [0.1, 0.15) is 0 Å². The maximum atomic E-state index is 5.35. The lowest BCUT2D eigenvalue weighted by atomic mass is 10.1. The van der Waals surface area contributed by atoms with Gasteiger partial charge in [0.2, 0.25) is 6.79 Å². The van der Waals surface area contributed by atoms with Crippen LogP contribution in [0.5, 0.6) is 11.5 Å². The molecule has 4 heteroatoms. The van der Waals surface area contributed by atoms with Gasteiger partial charge < -0.3 is 14.4 Å². The molecule has 0 fully saturated rings. The van der Waals surface area contributed by atoms with E-state index in [2.05, 4.69) is 36.7 Å². The Kier molecular flexibility index (Phi) is 3.96. The Bertz CT molecular complexity index is 357. The van der Waals surface area contributed by atoms with E-state index in [9.17, 15) is 0 Å². The molecule has 0 unspecified atom stereocenters. The van der Waals surface area contributed by atoms with Gasteiger partial charge in [-0.15, -0.1) is 0 Å². The fourth-order valence-corrected chi connectivity index (χ4v) is 2.04. The molecule has 16 heavy (non-hydrogen) atoms. The molecule has 1 aromatic rings. The first kappa shape index (κ1) is 11.6. The van der Waals surface area contributed by atoms with Gasteiger partial charge in [-0.3, -0.25) is 0 Å². The van der Waals surface area contributed by atoms with Crippen LogP contribution in [0.2, 0.25) is 0 Å². The largest absolute Gasteiger partial charge is 0.454 e. The topological polar surface area (TPSA) is 21.7 Å². The molecule has 0 atom stereocenters. The molecule has 0 saturated heterocycles. The third-order valence-corrected chi connectivity index (χ3v) is 2.90. The van der Waals surface area contributed by atoms with Crippen molar-refractivity contribution in [1.82, 2.24) is 4.90 Å². The van der Waals surface area contributed by atoms with Gasteiger partial charge >= 0.3 is 0 Å². The van der Waals surface area contributed by atoms with Crippen molar-refractivity contribution in [1.29, 1.82) is 0 Å². The second-order valence-electron chi connectivity index (χ2n) is 3.96. The van der Waals surface area contributed by atoms with Gasteiger partial charge in [-0.25, -0.2) is 0 Å². The molecule has 0 amide bonds. The fraction of sp³-hybridized carbons (Fsp3) is 0.500. The Hall–Kier alpha value is -0.870. The summed E-state index contributed by atoms with van der Waals surface area (Å²) in [6, 6.07) is 6.15. The highest BCUT2D eigenvalue weighted by Crippen LogP contribution is 2.32. The summed E-state index contributed by atoms with van der Waals surface area (Å²) < 4.78 is 10.6. The Morgan fingerprint density at radius 2 is 2.06 bits per heavy atom. The summed E-state index contributed by atoms with van der Waals surface area (Å²) >= 11 is 4.22. The number of benzene rings is 1. The van der Waals surface area contributed by atoms with Crippen molar-refractivity contribution in [3.05, 3.63) is 23.8 Å². The van der Waals surface area contributed by atoms with E-state index < -0.39 is 0 Å². The average Bonchev–Trinajstić information content (AvgIpc) is 2.74. The molecule has 0 N–H and O–H groups in total. The van der Waals surface area contributed by atoms with Gasteiger partial charge in [-0.05, 0) is 31.2 Å².